The summed E-state index contributed by atoms with van der Waals surface area (Å²) >= 11 is 16.2. The van der Waals surface area contributed by atoms with E-state index in [9.17, 15) is 10.2 Å². The van der Waals surface area contributed by atoms with Gasteiger partial charge in [0, 0.05) is 68.2 Å². The number of halogens is 4. The van der Waals surface area contributed by atoms with Crippen molar-refractivity contribution in [1.82, 2.24) is 0 Å². The second-order valence-corrected chi connectivity index (χ2v) is 21.6. The lowest BCUT2D eigenvalue weighted by Crippen LogP contribution is -2.14. The Hall–Kier alpha value is -2.80. The van der Waals surface area contributed by atoms with Crippen LogP contribution < -0.4 is 28.4 Å². The van der Waals surface area contributed by atoms with Gasteiger partial charge in [0.05, 0.1) is 0 Å². The molecule has 4 atom stereocenters. The molecule has 0 radical (unpaired) electrons. The third-order valence-electron chi connectivity index (χ3n) is 14.1. The second kappa shape index (κ2) is 22.7. The molecule has 4 aliphatic rings. The van der Waals surface area contributed by atoms with E-state index in [0.29, 0.717) is 53.3 Å². The number of fused-ring (bicyclic) bond motifs is 2. The van der Waals surface area contributed by atoms with Gasteiger partial charge in [-0.05, 0) is 114 Å². The molecular formula is C54H66Br4O8. The Balaban J connectivity index is 1.57. The Morgan fingerprint density at radius 3 is 0.803 bits per heavy atom. The molecule has 0 amide bonds. The van der Waals surface area contributed by atoms with Crippen LogP contribution in [0.2, 0.25) is 0 Å². The minimum Gasteiger partial charge on any atom is -0.506 e. The lowest BCUT2D eigenvalue weighted by Gasteiger charge is -2.31. The number of benzene rings is 4. The Morgan fingerprint density at radius 1 is 0.348 bits per heavy atom. The van der Waals surface area contributed by atoms with E-state index < -0.39 is 0 Å². The van der Waals surface area contributed by atoms with E-state index in [-0.39, 0.29) is 48.4 Å². The van der Waals surface area contributed by atoms with Crippen LogP contribution in [-0.2, 0) is 0 Å². The molecule has 4 aromatic rings. The van der Waals surface area contributed by atoms with Gasteiger partial charge < -0.3 is 38.6 Å². The maximum absolute atomic E-state index is 12.6. The first-order valence-corrected chi connectivity index (χ1v) is 27.9. The fourth-order valence-corrected chi connectivity index (χ4v) is 13.3. The van der Waals surface area contributed by atoms with Gasteiger partial charge in [-0.25, -0.2) is 0 Å². The molecule has 8 rings (SSSR count). The van der Waals surface area contributed by atoms with Crippen LogP contribution in [0.4, 0.5) is 0 Å². The minimum atomic E-state index is -0.375. The third kappa shape index (κ3) is 9.83. The molecule has 0 spiro atoms. The van der Waals surface area contributed by atoms with E-state index in [1.807, 2.05) is 0 Å². The van der Waals surface area contributed by atoms with Gasteiger partial charge in [0.1, 0.15) is 104 Å². The maximum Gasteiger partial charge on any atom is 0.141 e. The highest BCUT2D eigenvalue weighted by atomic mass is 79.9. The van der Waals surface area contributed by atoms with Crippen LogP contribution in [0.5, 0.6) is 46.0 Å². The number of rotatable bonds is 16. The molecule has 0 saturated carbocycles. The van der Waals surface area contributed by atoms with Crippen LogP contribution in [0.15, 0.2) is 42.2 Å². The van der Waals surface area contributed by atoms with Crippen molar-refractivity contribution in [3.8, 4) is 46.0 Å². The van der Waals surface area contributed by atoms with Crippen molar-refractivity contribution < 1.29 is 38.6 Å². The average Bonchev–Trinajstić information content (AvgIpc) is 3.47. The van der Waals surface area contributed by atoms with E-state index >= 15 is 0 Å². The highest BCUT2D eigenvalue weighted by Crippen LogP contribution is 2.59. The summed E-state index contributed by atoms with van der Waals surface area (Å²) in [5, 5.41) is 25.1. The van der Waals surface area contributed by atoms with Crippen LogP contribution in [0.1, 0.15) is 199 Å². The van der Waals surface area contributed by atoms with Crippen LogP contribution >= 0.6 is 63.7 Å². The Kier molecular flexibility index (Phi) is 17.1. The smallest absolute Gasteiger partial charge is 0.141 e. The first-order valence-electron chi connectivity index (χ1n) is 24.7. The monoisotopic (exact) mass is 1160 g/mol. The average molecular weight is 1160 g/mol. The largest absolute Gasteiger partial charge is 0.506 e. The molecule has 358 valence electrons. The molecule has 0 fully saturated rings. The van der Waals surface area contributed by atoms with E-state index in [1.165, 1.54) is 0 Å². The predicted molar refractivity (Wildman–Crippen MR) is 277 cm³/mol. The van der Waals surface area contributed by atoms with E-state index in [4.69, 9.17) is 28.4 Å². The molecule has 3 aliphatic heterocycles. The number of unbranched alkanes of at least 4 members (excludes halogenated alkanes) is 8. The van der Waals surface area contributed by atoms with Gasteiger partial charge in [-0.1, -0.05) is 105 Å². The van der Waals surface area contributed by atoms with E-state index in [0.717, 1.165) is 173 Å². The van der Waals surface area contributed by atoms with Gasteiger partial charge in [0.25, 0.3) is 0 Å². The van der Waals surface area contributed by atoms with Crippen LogP contribution in [0.25, 0.3) is 0 Å². The van der Waals surface area contributed by atoms with Gasteiger partial charge in [0.2, 0.25) is 0 Å². The molecule has 8 bridgehead atoms. The lowest BCUT2D eigenvalue weighted by atomic mass is 9.76. The molecular weight excluding hydrogens is 1100 g/mol. The zero-order valence-electron chi connectivity index (χ0n) is 39.0. The summed E-state index contributed by atoms with van der Waals surface area (Å²) in [6, 6.07) is 9.13. The molecule has 4 aromatic carbocycles. The summed E-state index contributed by atoms with van der Waals surface area (Å²) in [5.41, 5.74) is 7.78. The summed E-state index contributed by atoms with van der Waals surface area (Å²) < 4.78 is 43.4. The number of phenolic OH excluding ortho intramolecular Hbond substituents is 2. The quantitative estimate of drug-likeness (QED) is 0.107. The van der Waals surface area contributed by atoms with Crippen molar-refractivity contribution >= 4 is 63.7 Å². The van der Waals surface area contributed by atoms with Gasteiger partial charge in [-0.3, -0.25) is 0 Å². The highest BCUT2D eigenvalue weighted by molar-refractivity contribution is 9.11. The summed E-state index contributed by atoms with van der Waals surface area (Å²) in [6.07, 6.45) is 15.6. The first kappa shape index (κ1) is 49.6. The maximum atomic E-state index is 12.6. The summed E-state index contributed by atoms with van der Waals surface area (Å²) in [6.45, 7) is 10.7. The lowest BCUT2D eigenvalue weighted by molar-refractivity contribution is 0.205. The van der Waals surface area contributed by atoms with Crippen molar-refractivity contribution in [3.63, 3.8) is 0 Å². The number of aromatic hydroxyl groups is 2. The predicted octanol–water partition coefficient (Wildman–Crippen LogP) is 16.6. The summed E-state index contributed by atoms with van der Waals surface area (Å²) in [7, 11) is 0. The molecule has 66 heavy (non-hydrogen) atoms. The van der Waals surface area contributed by atoms with Gasteiger partial charge >= 0.3 is 0 Å². The molecule has 12 heteroatoms. The summed E-state index contributed by atoms with van der Waals surface area (Å²) in [5.74, 6) is 3.72. The standard InChI is InChI=1S/C54H66Br4O8/c1-5-9-13-17-31-35-27-37-32(18-14-10-6-2)39-29-41-34(20-16-12-8-4)42-30-40-33(19-15-11-7-3)38-28-36(31)48(60)44(56)50(38)62-22-24-64-52(40)46(58)54(42)66-26-25-65-53(41)45(57)51(39)63-23-21-61-49(37)43(55)47(35)59/h27-34,59-60H,5-26H2,1-4H3/t31?,32-,33+,34?. The third-order valence-corrected chi connectivity index (χ3v) is 17.0. The van der Waals surface area contributed by atoms with Crippen LogP contribution in [-0.4, -0.2) is 49.9 Å². The molecule has 3 heterocycles. The van der Waals surface area contributed by atoms with E-state index in [2.05, 4.69) is 116 Å². The molecule has 2 unspecified atom stereocenters. The fraction of sp³-hybridized carbons (Fsp3) is 0.556. The molecule has 0 saturated heterocycles. The summed E-state index contributed by atoms with van der Waals surface area (Å²) in [4.78, 5) is 0. The first-order chi connectivity index (χ1) is 32.1. The van der Waals surface area contributed by atoms with Gasteiger partial charge in [-0.15, -0.1) is 0 Å². The number of ether oxygens (including phenoxy) is 6. The van der Waals surface area contributed by atoms with Crippen molar-refractivity contribution in [2.24, 2.45) is 0 Å². The number of hydrogen-bond donors (Lipinski definition) is 2. The molecule has 8 nitrogen and oxygen atoms in total. The Bertz CT molecular complexity index is 2210. The normalized spacial score (nSPS) is 19.5. The molecule has 0 aromatic heterocycles. The molecule has 1 aliphatic carbocycles. The Morgan fingerprint density at radius 2 is 0.561 bits per heavy atom. The zero-order chi connectivity index (χ0) is 46.5. The van der Waals surface area contributed by atoms with E-state index in [1.54, 1.807) is 0 Å². The van der Waals surface area contributed by atoms with Crippen molar-refractivity contribution in [2.45, 2.75) is 154 Å². The fourth-order valence-electron chi connectivity index (χ4n) is 10.8. The zero-order valence-corrected chi connectivity index (χ0v) is 45.4. The highest BCUT2D eigenvalue weighted by Gasteiger charge is 2.39. The number of phenols is 2. The Labute approximate surface area is 425 Å². The van der Waals surface area contributed by atoms with Crippen molar-refractivity contribution in [3.05, 3.63) is 86.7 Å². The minimum absolute atomic E-state index is 0.123. The van der Waals surface area contributed by atoms with Crippen molar-refractivity contribution in [2.75, 3.05) is 39.6 Å². The van der Waals surface area contributed by atoms with Crippen LogP contribution in [0.3, 0.4) is 0 Å². The molecule has 2 N–H and O–H groups in total. The topological polar surface area (TPSA) is 95.8 Å². The van der Waals surface area contributed by atoms with Gasteiger partial charge in [-0.2, -0.15) is 0 Å². The van der Waals surface area contributed by atoms with Gasteiger partial charge in [0.15, 0.2) is 0 Å². The van der Waals surface area contributed by atoms with Crippen LogP contribution in [0, 0.1) is 0 Å². The van der Waals surface area contributed by atoms with Crippen molar-refractivity contribution in [1.29, 1.82) is 0 Å². The number of hydrogen-bond acceptors (Lipinski definition) is 8. The second-order valence-electron chi connectivity index (χ2n) is 18.4. The SMILES string of the molecule is CCCCCC1c2cc3c(c(Br)c2O)OCCOc2c(cc4c(c2Br)OCCOc2c(cc5c(c2Br)OCCOc2c(cc1c(O)c2Br)[C@@H]5CCCCC)C4CCCCC)[C@@H]3CCCCC.